The molecule has 2 aromatic rings. The first-order chi connectivity index (χ1) is 17.9. The van der Waals surface area contributed by atoms with Crippen LogP contribution in [0.5, 0.6) is 5.75 Å². The monoisotopic (exact) mass is 510 g/mol. The van der Waals surface area contributed by atoms with Gasteiger partial charge in [-0.05, 0) is 45.4 Å². The maximum absolute atomic E-state index is 12.2. The molecular formula is C27H38N6O4. The summed E-state index contributed by atoms with van der Waals surface area (Å²) in [5.41, 5.74) is 1.78. The molecule has 2 unspecified atom stereocenters. The second-order valence-corrected chi connectivity index (χ2v) is 10.4. The lowest BCUT2D eigenvalue weighted by Gasteiger charge is -2.43. The smallest absolute Gasteiger partial charge is 0.220 e. The van der Waals surface area contributed by atoms with Gasteiger partial charge in [-0.1, -0.05) is 12.1 Å². The summed E-state index contributed by atoms with van der Waals surface area (Å²) in [6.45, 7) is 8.01. The van der Waals surface area contributed by atoms with E-state index in [2.05, 4.69) is 22.5 Å². The molecule has 3 heterocycles. The van der Waals surface area contributed by atoms with Gasteiger partial charge in [0.25, 0.3) is 0 Å². The predicted octanol–water partition coefficient (Wildman–Crippen LogP) is 1.81. The van der Waals surface area contributed by atoms with Crippen LogP contribution in [0.4, 0.5) is 11.6 Å². The minimum absolute atomic E-state index is 0.0730. The van der Waals surface area contributed by atoms with Gasteiger partial charge in [-0.2, -0.15) is 0 Å². The van der Waals surface area contributed by atoms with E-state index in [1.807, 2.05) is 29.2 Å². The summed E-state index contributed by atoms with van der Waals surface area (Å²) in [7, 11) is 1.80. The molecule has 1 aromatic heterocycles. The molecule has 1 aliphatic carbocycles. The first kappa shape index (κ1) is 25.7. The van der Waals surface area contributed by atoms with Gasteiger partial charge < -0.3 is 35.0 Å². The summed E-state index contributed by atoms with van der Waals surface area (Å²) in [5, 5.41) is 16.6. The first-order valence-electron chi connectivity index (χ1n) is 13.2. The summed E-state index contributed by atoms with van der Waals surface area (Å²) >= 11 is 0. The highest BCUT2D eigenvalue weighted by molar-refractivity contribution is 5.76. The Kier molecular flexibility index (Phi) is 7.50. The summed E-state index contributed by atoms with van der Waals surface area (Å²) < 4.78 is 11.4. The number of aliphatic hydroxyl groups is 1. The van der Waals surface area contributed by atoms with Crippen LogP contribution in [0, 0.1) is 6.92 Å². The Morgan fingerprint density at radius 1 is 1.32 bits per heavy atom. The molecule has 0 bridgehead atoms. The largest absolute Gasteiger partial charge is 0.491 e. The number of carbonyl (C=O) groups is 1. The Hall–Kier alpha value is -2.95. The fourth-order valence-corrected chi connectivity index (χ4v) is 5.36. The van der Waals surface area contributed by atoms with Crippen molar-refractivity contribution in [3.05, 3.63) is 29.8 Å². The zero-order valence-electron chi connectivity index (χ0n) is 22.0. The third kappa shape index (κ3) is 5.66. The average Bonchev–Trinajstić information content (AvgIpc) is 3.43. The Morgan fingerprint density at radius 3 is 2.86 bits per heavy atom. The van der Waals surface area contributed by atoms with Crippen molar-refractivity contribution in [2.45, 2.75) is 50.8 Å². The molecule has 2 saturated heterocycles. The third-order valence-electron chi connectivity index (χ3n) is 7.52. The summed E-state index contributed by atoms with van der Waals surface area (Å²) in [6, 6.07) is 7.89. The molecular weight excluding hydrogens is 472 g/mol. The molecule has 1 saturated carbocycles. The van der Waals surface area contributed by atoms with E-state index in [9.17, 15) is 9.90 Å². The van der Waals surface area contributed by atoms with E-state index in [0.717, 1.165) is 61.7 Å². The fraction of sp³-hybridized carbons (Fsp3) is 0.593. The number of rotatable bonds is 9. The minimum atomic E-state index is -0.594. The van der Waals surface area contributed by atoms with E-state index in [1.165, 1.54) is 0 Å². The molecule has 10 heteroatoms. The highest BCUT2D eigenvalue weighted by Crippen LogP contribution is 2.45. The van der Waals surface area contributed by atoms with Crippen molar-refractivity contribution < 1.29 is 19.4 Å². The van der Waals surface area contributed by atoms with Crippen molar-refractivity contribution in [1.82, 2.24) is 20.2 Å². The predicted molar refractivity (Wildman–Crippen MR) is 142 cm³/mol. The van der Waals surface area contributed by atoms with Gasteiger partial charge in [0, 0.05) is 50.8 Å². The normalized spacial score (nSPS) is 21.2. The highest BCUT2D eigenvalue weighted by atomic mass is 16.5. The first-order valence-corrected chi connectivity index (χ1v) is 13.2. The van der Waals surface area contributed by atoms with E-state index in [1.54, 1.807) is 14.0 Å². The van der Waals surface area contributed by atoms with Gasteiger partial charge in [-0.25, -0.2) is 9.97 Å². The zero-order chi connectivity index (χ0) is 26.0. The van der Waals surface area contributed by atoms with Crippen molar-refractivity contribution in [3.63, 3.8) is 0 Å². The van der Waals surface area contributed by atoms with Crippen molar-refractivity contribution in [2.75, 3.05) is 63.3 Å². The summed E-state index contributed by atoms with van der Waals surface area (Å²) in [4.78, 5) is 26.6. The number of benzene rings is 1. The van der Waals surface area contributed by atoms with Gasteiger partial charge in [0.05, 0.1) is 18.2 Å². The van der Waals surface area contributed by atoms with E-state index >= 15 is 0 Å². The van der Waals surface area contributed by atoms with Crippen molar-refractivity contribution >= 4 is 17.5 Å². The van der Waals surface area contributed by atoms with E-state index < -0.39 is 6.10 Å². The van der Waals surface area contributed by atoms with Crippen LogP contribution < -0.4 is 20.3 Å². The van der Waals surface area contributed by atoms with E-state index in [4.69, 9.17) is 19.4 Å². The van der Waals surface area contributed by atoms with Crippen molar-refractivity contribution in [3.8, 4) is 17.1 Å². The van der Waals surface area contributed by atoms with Gasteiger partial charge in [0.15, 0.2) is 5.82 Å². The maximum Gasteiger partial charge on any atom is 0.220 e. The second kappa shape index (κ2) is 10.8. The molecule has 200 valence electrons. The molecule has 37 heavy (non-hydrogen) atoms. The number of carbonyl (C=O) groups excluding carboxylic acids is 1. The van der Waals surface area contributed by atoms with Gasteiger partial charge in [-0.3, -0.25) is 4.79 Å². The second-order valence-electron chi connectivity index (χ2n) is 10.4. The van der Waals surface area contributed by atoms with Crippen LogP contribution in [0.25, 0.3) is 11.4 Å². The van der Waals surface area contributed by atoms with Gasteiger partial charge >= 0.3 is 0 Å². The summed E-state index contributed by atoms with van der Waals surface area (Å²) in [6.07, 6.45) is 2.41. The van der Waals surface area contributed by atoms with Crippen LogP contribution in [0.2, 0.25) is 0 Å². The van der Waals surface area contributed by atoms with Crippen molar-refractivity contribution in [2.24, 2.45) is 0 Å². The molecule has 1 amide bonds. The quantitative estimate of drug-likeness (QED) is 0.465. The Bertz CT molecular complexity index is 1120. The summed E-state index contributed by atoms with van der Waals surface area (Å²) in [5.74, 6) is 3.13. The van der Waals surface area contributed by atoms with Crippen LogP contribution in [0.3, 0.4) is 0 Å². The zero-order valence-corrected chi connectivity index (χ0v) is 22.0. The van der Waals surface area contributed by atoms with Crippen LogP contribution in [-0.2, 0) is 9.53 Å². The standard InChI is InChI=1S/C27H38N6O4/c1-18-24(29-21-7-12-36-15-21)30-25(20-5-4-6-23(13-20)37-16-22(35)14-28-3)31-26(18)32-10-11-33(19(2)34)27(17-32)8-9-27/h4-6,13,21-22,28,35H,7-12,14-17H2,1-3H3,(H,29,30,31). The van der Waals surface area contributed by atoms with Gasteiger partial charge in [0.1, 0.15) is 30.1 Å². The molecule has 3 fully saturated rings. The molecule has 3 aliphatic rings. The Balaban J connectivity index is 1.45. The fourth-order valence-electron chi connectivity index (χ4n) is 5.36. The number of nitrogens with one attached hydrogen (secondary N) is 2. The highest BCUT2D eigenvalue weighted by Gasteiger charge is 2.52. The molecule has 10 nitrogen and oxygen atoms in total. The number of aliphatic hydroxyl groups excluding tert-OH is 1. The van der Waals surface area contributed by atoms with Gasteiger partial charge in [-0.15, -0.1) is 0 Å². The third-order valence-corrected chi connectivity index (χ3v) is 7.52. The number of anilines is 2. The number of hydrogen-bond donors (Lipinski definition) is 3. The number of ether oxygens (including phenoxy) is 2. The SMILES string of the molecule is CNCC(O)COc1cccc(-c2nc(NC3CCOC3)c(C)c(N3CCN(C(C)=O)C4(CC4)C3)n2)c1. The Morgan fingerprint density at radius 2 is 2.16 bits per heavy atom. The lowest BCUT2D eigenvalue weighted by molar-refractivity contribution is -0.132. The molecule has 1 aromatic carbocycles. The topological polar surface area (TPSA) is 112 Å². The number of nitrogens with zero attached hydrogens (tertiary/aromatic N) is 4. The molecule has 2 aliphatic heterocycles. The van der Waals surface area contributed by atoms with E-state index in [-0.39, 0.29) is 24.1 Å². The minimum Gasteiger partial charge on any atom is -0.491 e. The lowest BCUT2D eigenvalue weighted by Crippen LogP contribution is -2.57. The van der Waals surface area contributed by atoms with Crippen LogP contribution in [0.15, 0.2) is 24.3 Å². The van der Waals surface area contributed by atoms with Crippen LogP contribution in [-0.4, -0.2) is 96.6 Å². The molecule has 1 spiro atoms. The average molecular weight is 511 g/mol. The van der Waals surface area contributed by atoms with Crippen molar-refractivity contribution in [1.29, 1.82) is 0 Å². The maximum atomic E-state index is 12.2. The number of hydrogen-bond acceptors (Lipinski definition) is 9. The molecule has 3 N–H and O–H groups in total. The van der Waals surface area contributed by atoms with E-state index in [0.29, 0.717) is 31.3 Å². The molecule has 2 atom stereocenters. The lowest BCUT2D eigenvalue weighted by atomic mass is 10.1. The number of piperazine rings is 1. The van der Waals surface area contributed by atoms with Gasteiger partial charge in [0.2, 0.25) is 5.91 Å². The van der Waals surface area contributed by atoms with Crippen LogP contribution in [0.1, 0.15) is 31.7 Å². The number of aromatic nitrogens is 2. The molecule has 0 radical (unpaired) electrons. The Labute approximate surface area is 218 Å². The number of likely N-dealkylation sites (N-methyl/N-ethyl adjacent to an activating group) is 1. The molecule has 5 rings (SSSR count). The number of amides is 1. The van der Waals surface area contributed by atoms with Crippen LogP contribution >= 0.6 is 0 Å².